The van der Waals surface area contributed by atoms with Crippen molar-refractivity contribution in [1.29, 1.82) is 0 Å². The number of nitrogens with one attached hydrogen (secondary N) is 2. The number of carbonyl (C=O) groups excluding carboxylic acids is 1. The quantitative estimate of drug-likeness (QED) is 0.453. The molecule has 3 aliphatic rings. The van der Waals surface area contributed by atoms with Crippen LogP contribution >= 0.6 is 0 Å². The number of aromatic nitrogens is 2. The molecule has 224 valence electrons. The normalized spacial score (nSPS) is 21.8. The number of benzene rings is 1. The third kappa shape index (κ3) is 7.85. The van der Waals surface area contributed by atoms with E-state index in [-0.39, 0.29) is 5.91 Å². The van der Waals surface area contributed by atoms with E-state index in [2.05, 4.69) is 25.5 Å². The summed E-state index contributed by atoms with van der Waals surface area (Å²) in [5, 5.41) is 13.4. The SMILES string of the molecule is Cc1cc2nc(n1)NCCCCC1CCCN(C1)c1cc(N3CCN(C)S3=O)ccc1C(=O)N2.O=C(O)C(F)(F)F. The second kappa shape index (κ2) is 13.0. The van der Waals surface area contributed by atoms with Crippen molar-refractivity contribution < 1.29 is 32.1 Å². The van der Waals surface area contributed by atoms with Gasteiger partial charge in [0.2, 0.25) is 5.95 Å². The molecule has 3 aliphatic heterocycles. The van der Waals surface area contributed by atoms with Gasteiger partial charge in [0.05, 0.1) is 16.9 Å². The molecular weight excluding hydrogens is 563 g/mol. The van der Waals surface area contributed by atoms with Gasteiger partial charge in [-0.25, -0.2) is 18.3 Å². The van der Waals surface area contributed by atoms with Crippen molar-refractivity contribution in [2.24, 2.45) is 5.92 Å². The van der Waals surface area contributed by atoms with Crippen LogP contribution in [-0.2, 0) is 16.0 Å². The first-order valence-corrected chi connectivity index (χ1v) is 14.5. The molecule has 2 atom stereocenters. The fraction of sp³-hybridized carbons (Fsp3) is 0.538. The van der Waals surface area contributed by atoms with E-state index < -0.39 is 23.3 Å². The number of hydrogen-bond acceptors (Lipinski definition) is 7. The predicted molar refractivity (Wildman–Crippen MR) is 150 cm³/mol. The van der Waals surface area contributed by atoms with Gasteiger partial charge in [-0.05, 0) is 56.7 Å². The number of alkyl halides is 3. The number of halogens is 3. The first-order valence-electron chi connectivity index (χ1n) is 13.4. The van der Waals surface area contributed by atoms with Crippen molar-refractivity contribution in [3.8, 4) is 0 Å². The predicted octanol–water partition coefficient (Wildman–Crippen LogP) is 3.81. The van der Waals surface area contributed by atoms with Crippen LogP contribution in [0, 0.1) is 12.8 Å². The second-order valence-electron chi connectivity index (χ2n) is 10.2. The molecule has 1 amide bonds. The Morgan fingerprint density at radius 1 is 1.10 bits per heavy atom. The van der Waals surface area contributed by atoms with Crippen LogP contribution < -0.4 is 19.8 Å². The van der Waals surface area contributed by atoms with Gasteiger partial charge in [0.25, 0.3) is 5.91 Å². The largest absolute Gasteiger partial charge is 0.490 e. The number of carboxylic acids is 1. The fourth-order valence-corrected chi connectivity index (χ4v) is 6.18. The molecule has 1 aromatic carbocycles. The lowest BCUT2D eigenvalue weighted by Gasteiger charge is -2.36. The van der Waals surface area contributed by atoms with E-state index in [1.165, 1.54) is 12.8 Å². The zero-order valence-electron chi connectivity index (χ0n) is 22.9. The van der Waals surface area contributed by atoms with Gasteiger partial charge in [-0.15, -0.1) is 0 Å². The number of amides is 1. The van der Waals surface area contributed by atoms with Gasteiger partial charge in [-0.1, -0.05) is 6.42 Å². The monoisotopic (exact) mass is 597 g/mol. The summed E-state index contributed by atoms with van der Waals surface area (Å²) in [6, 6.07) is 7.60. The lowest BCUT2D eigenvalue weighted by atomic mass is 9.92. The Labute approximate surface area is 238 Å². The zero-order chi connectivity index (χ0) is 29.7. The van der Waals surface area contributed by atoms with Crippen LogP contribution in [0.25, 0.3) is 0 Å². The van der Waals surface area contributed by atoms with Gasteiger partial charge >= 0.3 is 12.1 Å². The molecule has 5 rings (SSSR count). The Morgan fingerprint density at radius 2 is 1.83 bits per heavy atom. The van der Waals surface area contributed by atoms with Crippen molar-refractivity contribution in [2.45, 2.75) is 45.2 Å². The number of likely N-dealkylation sites (N-methyl/N-ethyl adjacent to an activating group) is 1. The Morgan fingerprint density at radius 3 is 2.51 bits per heavy atom. The number of carboxylic acid groups (broad SMARTS) is 1. The molecule has 2 aromatic rings. The maximum absolute atomic E-state index is 13.5. The number of anilines is 4. The zero-order valence-corrected chi connectivity index (χ0v) is 23.7. The molecule has 0 radical (unpaired) electrons. The molecule has 4 heterocycles. The van der Waals surface area contributed by atoms with Gasteiger partial charge in [-0.3, -0.25) is 9.10 Å². The molecule has 2 fully saturated rings. The van der Waals surface area contributed by atoms with Gasteiger partial charge in [0.15, 0.2) is 11.2 Å². The first-order chi connectivity index (χ1) is 19.4. The molecule has 2 saturated heterocycles. The van der Waals surface area contributed by atoms with Crippen LogP contribution in [0.15, 0.2) is 24.3 Å². The van der Waals surface area contributed by atoms with Crippen LogP contribution in [0.5, 0.6) is 0 Å². The van der Waals surface area contributed by atoms with Crippen LogP contribution in [0.4, 0.5) is 36.3 Å². The third-order valence-corrected chi connectivity index (χ3v) is 8.59. The topological polar surface area (TPSA) is 131 Å². The van der Waals surface area contributed by atoms with Crippen LogP contribution in [0.1, 0.15) is 48.2 Å². The summed E-state index contributed by atoms with van der Waals surface area (Å²) in [5.74, 6) is -1.31. The van der Waals surface area contributed by atoms with E-state index in [9.17, 15) is 22.2 Å². The molecule has 0 saturated carbocycles. The fourth-order valence-electron chi connectivity index (χ4n) is 5.08. The summed E-state index contributed by atoms with van der Waals surface area (Å²) >= 11 is -1.20. The Balaban J connectivity index is 0.000000493. The van der Waals surface area contributed by atoms with Crippen LogP contribution in [0.3, 0.4) is 0 Å². The van der Waals surface area contributed by atoms with Crippen LogP contribution in [-0.4, -0.2) is 81.4 Å². The third-order valence-electron chi connectivity index (χ3n) is 7.11. The van der Waals surface area contributed by atoms with E-state index >= 15 is 0 Å². The second-order valence-corrected chi connectivity index (χ2v) is 11.8. The Bertz CT molecular complexity index is 1300. The maximum Gasteiger partial charge on any atom is 0.490 e. The molecular formula is C26H34F3N7O4S. The summed E-state index contributed by atoms with van der Waals surface area (Å²) in [5.41, 5.74) is 3.21. The molecule has 0 aliphatic carbocycles. The number of rotatable bonds is 1. The Hall–Kier alpha value is -3.46. The summed E-state index contributed by atoms with van der Waals surface area (Å²) in [4.78, 5) is 33.7. The van der Waals surface area contributed by atoms with Gasteiger partial charge in [0, 0.05) is 51.5 Å². The van der Waals surface area contributed by atoms with E-state index in [0.29, 0.717) is 29.8 Å². The summed E-state index contributed by atoms with van der Waals surface area (Å²) in [6.45, 7) is 6.03. The average Bonchev–Trinajstić information content (AvgIpc) is 3.25. The lowest BCUT2D eigenvalue weighted by Crippen LogP contribution is -2.37. The first kappa shape index (κ1) is 30.5. The van der Waals surface area contributed by atoms with E-state index in [1.807, 2.05) is 40.8 Å². The molecule has 3 N–H and O–H groups in total. The lowest BCUT2D eigenvalue weighted by molar-refractivity contribution is -0.192. The smallest absolute Gasteiger partial charge is 0.475 e. The van der Waals surface area contributed by atoms with E-state index in [0.717, 1.165) is 62.5 Å². The molecule has 1 aromatic heterocycles. The van der Waals surface area contributed by atoms with Crippen LogP contribution in [0.2, 0.25) is 0 Å². The number of hydrogen-bond donors (Lipinski definition) is 3. The molecule has 41 heavy (non-hydrogen) atoms. The van der Waals surface area contributed by atoms with Gasteiger partial charge < -0.3 is 20.6 Å². The number of fused-ring (bicyclic) bond motifs is 6. The molecule has 2 unspecified atom stereocenters. The van der Waals surface area contributed by atoms with Crippen molar-refractivity contribution in [3.63, 3.8) is 0 Å². The highest BCUT2D eigenvalue weighted by Crippen LogP contribution is 2.34. The van der Waals surface area contributed by atoms with Gasteiger partial charge in [0.1, 0.15) is 5.82 Å². The minimum absolute atomic E-state index is 0.192. The minimum atomic E-state index is -5.08. The number of nitrogens with zero attached hydrogens (tertiary/aromatic N) is 5. The highest BCUT2D eigenvalue weighted by atomic mass is 32.2. The highest BCUT2D eigenvalue weighted by Gasteiger charge is 2.38. The standard InChI is InChI=1S/C24H33N7O2S.C2HF3O2/c1-17-14-22-27-23(32)20-9-8-19(31-13-12-29(2)34(31)33)15-21(20)30-11-5-7-18(16-30)6-3-4-10-25-24(26-17)28-22;3-2(4,5)1(6)7/h8-9,14-15,18H,3-7,10-13,16H2,1-2H3,(H2,25,26,27,28,32);(H,6,7). The molecule has 15 heteroatoms. The summed E-state index contributed by atoms with van der Waals surface area (Å²) in [6.07, 6.45) is 0.616. The van der Waals surface area contributed by atoms with Crippen molar-refractivity contribution >= 4 is 46.2 Å². The number of carbonyl (C=O) groups is 2. The Kier molecular flexibility index (Phi) is 9.68. The van der Waals surface area contributed by atoms with Crippen molar-refractivity contribution in [1.82, 2.24) is 14.3 Å². The van der Waals surface area contributed by atoms with E-state index in [4.69, 9.17) is 9.90 Å². The van der Waals surface area contributed by atoms with E-state index in [1.54, 1.807) is 6.07 Å². The number of piperidine rings is 1. The highest BCUT2D eigenvalue weighted by molar-refractivity contribution is 7.84. The van der Waals surface area contributed by atoms with Crippen molar-refractivity contribution in [3.05, 3.63) is 35.5 Å². The summed E-state index contributed by atoms with van der Waals surface area (Å²) < 4.78 is 48.2. The van der Waals surface area contributed by atoms with Crippen molar-refractivity contribution in [2.75, 3.05) is 59.6 Å². The average molecular weight is 598 g/mol. The molecule has 4 bridgehead atoms. The maximum atomic E-state index is 13.5. The number of aliphatic carboxylic acids is 1. The molecule has 11 nitrogen and oxygen atoms in total. The summed E-state index contributed by atoms with van der Waals surface area (Å²) in [7, 11) is 1.87. The van der Waals surface area contributed by atoms with Gasteiger partial charge in [-0.2, -0.15) is 18.2 Å². The minimum Gasteiger partial charge on any atom is -0.475 e. The molecule has 0 spiro atoms. The number of aryl methyl sites for hydroxylation is 1.